The van der Waals surface area contributed by atoms with Gasteiger partial charge in [-0.25, -0.2) is 4.79 Å². The van der Waals surface area contributed by atoms with Crippen molar-refractivity contribution in [1.29, 1.82) is 0 Å². The van der Waals surface area contributed by atoms with E-state index in [0.29, 0.717) is 0 Å². The van der Waals surface area contributed by atoms with Crippen LogP contribution in [0.1, 0.15) is 28.9 Å². The molecule has 0 bridgehead atoms. The van der Waals surface area contributed by atoms with E-state index in [0.717, 1.165) is 17.2 Å². The Bertz CT molecular complexity index is 595. The third-order valence-electron chi connectivity index (χ3n) is 3.58. The van der Waals surface area contributed by atoms with E-state index in [2.05, 4.69) is 4.98 Å². The minimum Gasteiger partial charge on any atom is -0.479 e. The second-order valence-corrected chi connectivity index (χ2v) is 5.03. The zero-order valence-corrected chi connectivity index (χ0v) is 11.3. The summed E-state index contributed by atoms with van der Waals surface area (Å²) in [6, 6.07) is 2.25. The summed E-state index contributed by atoms with van der Waals surface area (Å²) in [5, 5.41) is 18.7. The number of halogens is 3. The van der Waals surface area contributed by atoms with E-state index in [-0.39, 0.29) is 25.9 Å². The summed E-state index contributed by atoms with van der Waals surface area (Å²) >= 11 is 0. The third kappa shape index (κ3) is 3.03. The Hall–Kier alpha value is -2.16. The van der Waals surface area contributed by atoms with Crippen LogP contribution >= 0.6 is 0 Å². The van der Waals surface area contributed by atoms with Gasteiger partial charge in [0.15, 0.2) is 11.3 Å². The van der Waals surface area contributed by atoms with Crippen molar-refractivity contribution in [3.63, 3.8) is 0 Å². The topological polar surface area (TPSA) is 90.7 Å². The normalized spacial score (nSPS) is 18.1. The Morgan fingerprint density at radius 2 is 1.86 bits per heavy atom. The fourth-order valence-corrected chi connectivity index (χ4v) is 2.27. The molecule has 0 unspecified atom stereocenters. The molecule has 2 heterocycles. The van der Waals surface area contributed by atoms with Crippen LogP contribution in [0.5, 0.6) is 0 Å². The van der Waals surface area contributed by atoms with Crippen LogP contribution in [-0.2, 0) is 11.0 Å². The van der Waals surface area contributed by atoms with Gasteiger partial charge in [0.2, 0.25) is 0 Å². The van der Waals surface area contributed by atoms with E-state index in [1.807, 2.05) is 0 Å². The molecular weight excluding hydrogens is 305 g/mol. The molecular formula is C13H13F3N2O4. The minimum absolute atomic E-state index is 0.145. The first-order valence-electron chi connectivity index (χ1n) is 6.42. The van der Waals surface area contributed by atoms with E-state index in [1.165, 1.54) is 6.07 Å². The highest BCUT2D eigenvalue weighted by molar-refractivity contribution is 5.95. The van der Waals surface area contributed by atoms with E-state index in [4.69, 9.17) is 5.11 Å². The van der Waals surface area contributed by atoms with Crippen molar-refractivity contribution in [1.82, 2.24) is 9.88 Å². The Morgan fingerprint density at radius 1 is 1.27 bits per heavy atom. The third-order valence-corrected chi connectivity index (χ3v) is 3.58. The Kier molecular flexibility index (Phi) is 4.10. The lowest BCUT2D eigenvalue weighted by Gasteiger charge is -2.35. The summed E-state index contributed by atoms with van der Waals surface area (Å²) in [5.74, 6) is -2.29. The summed E-state index contributed by atoms with van der Waals surface area (Å²) in [6.07, 6.45) is -4.30. The van der Waals surface area contributed by atoms with Crippen LogP contribution in [0.2, 0.25) is 0 Å². The van der Waals surface area contributed by atoms with Gasteiger partial charge >= 0.3 is 12.1 Å². The molecule has 1 amide bonds. The number of nitrogens with zero attached hydrogens (tertiary/aromatic N) is 2. The van der Waals surface area contributed by atoms with Crippen LogP contribution in [-0.4, -0.2) is 50.7 Å². The average Bonchev–Trinajstić information content (AvgIpc) is 2.46. The predicted octanol–water partition coefficient (Wildman–Crippen LogP) is 1.15. The minimum atomic E-state index is -4.76. The Labute approximate surface area is 123 Å². The van der Waals surface area contributed by atoms with E-state index in [9.17, 15) is 27.9 Å². The fraction of sp³-hybridized carbons (Fsp3) is 0.462. The molecule has 2 N–H and O–H groups in total. The number of aromatic nitrogens is 1. The first-order valence-corrected chi connectivity index (χ1v) is 6.42. The quantitative estimate of drug-likeness (QED) is 0.854. The molecule has 1 fully saturated rings. The molecule has 0 saturated carbocycles. The van der Waals surface area contributed by atoms with E-state index >= 15 is 0 Å². The maximum atomic E-state index is 12.9. The number of aliphatic hydroxyl groups is 1. The van der Waals surface area contributed by atoms with Gasteiger partial charge in [0.25, 0.3) is 5.91 Å². The number of hydrogen-bond donors (Lipinski definition) is 2. The van der Waals surface area contributed by atoms with Gasteiger partial charge in [-0.3, -0.25) is 9.78 Å². The molecule has 1 aromatic rings. The molecule has 0 aromatic carbocycles. The molecule has 1 aliphatic rings. The number of aliphatic carboxylic acids is 1. The fourth-order valence-electron chi connectivity index (χ4n) is 2.27. The van der Waals surface area contributed by atoms with Crippen molar-refractivity contribution in [2.75, 3.05) is 13.1 Å². The Balaban J connectivity index is 2.20. The zero-order chi connectivity index (χ0) is 16.5. The number of pyridine rings is 1. The van der Waals surface area contributed by atoms with Crippen molar-refractivity contribution in [2.24, 2.45) is 0 Å². The first kappa shape index (κ1) is 16.2. The summed E-state index contributed by atoms with van der Waals surface area (Å²) in [4.78, 5) is 27.4. The van der Waals surface area contributed by atoms with Crippen LogP contribution in [0.4, 0.5) is 13.2 Å². The van der Waals surface area contributed by atoms with Gasteiger partial charge in [-0.15, -0.1) is 0 Å². The maximum absolute atomic E-state index is 12.9. The molecule has 1 aromatic heterocycles. The molecule has 0 atom stereocenters. The van der Waals surface area contributed by atoms with Gasteiger partial charge in [-0.1, -0.05) is 0 Å². The van der Waals surface area contributed by atoms with E-state index in [1.54, 1.807) is 0 Å². The van der Waals surface area contributed by atoms with Gasteiger partial charge in [-0.05, 0) is 12.1 Å². The maximum Gasteiger partial charge on any atom is 0.434 e. The van der Waals surface area contributed by atoms with E-state index < -0.39 is 34.9 Å². The number of likely N-dealkylation sites (tertiary alicyclic amines) is 1. The summed E-state index contributed by atoms with van der Waals surface area (Å²) in [5.41, 5.74) is -3.81. The van der Waals surface area contributed by atoms with Crippen molar-refractivity contribution < 1.29 is 33.0 Å². The van der Waals surface area contributed by atoms with Crippen LogP contribution in [0.25, 0.3) is 0 Å². The number of carbonyl (C=O) groups excluding carboxylic acids is 1. The molecule has 22 heavy (non-hydrogen) atoms. The first-order chi connectivity index (χ1) is 10.1. The molecule has 0 spiro atoms. The highest BCUT2D eigenvalue weighted by Crippen LogP contribution is 2.31. The molecule has 0 radical (unpaired) electrons. The van der Waals surface area contributed by atoms with Crippen molar-refractivity contribution >= 4 is 11.9 Å². The van der Waals surface area contributed by atoms with Gasteiger partial charge in [-0.2, -0.15) is 13.2 Å². The predicted molar refractivity (Wildman–Crippen MR) is 67.0 cm³/mol. The molecule has 1 saturated heterocycles. The largest absolute Gasteiger partial charge is 0.479 e. The van der Waals surface area contributed by atoms with Gasteiger partial charge < -0.3 is 15.1 Å². The van der Waals surface area contributed by atoms with Crippen LogP contribution < -0.4 is 0 Å². The second kappa shape index (κ2) is 5.56. The number of rotatable bonds is 2. The molecule has 120 valence electrons. The lowest BCUT2D eigenvalue weighted by atomic mass is 9.91. The van der Waals surface area contributed by atoms with Crippen molar-refractivity contribution in [2.45, 2.75) is 24.6 Å². The number of carboxylic acid groups (broad SMARTS) is 1. The van der Waals surface area contributed by atoms with Crippen LogP contribution in [0, 0.1) is 0 Å². The highest BCUT2D eigenvalue weighted by atomic mass is 19.4. The standard InChI is InChI=1S/C13H13F3N2O4/c14-13(15,16)9-8(2-1-5-17-9)10(19)18-6-3-12(22,4-7-18)11(20)21/h1-2,5,22H,3-4,6-7H2,(H,20,21). The number of alkyl halides is 3. The van der Waals surface area contributed by atoms with Crippen molar-refractivity contribution in [3.8, 4) is 0 Å². The molecule has 9 heteroatoms. The monoisotopic (exact) mass is 318 g/mol. The van der Waals surface area contributed by atoms with Gasteiger partial charge in [0.05, 0.1) is 5.56 Å². The molecule has 6 nitrogen and oxygen atoms in total. The summed E-state index contributed by atoms with van der Waals surface area (Å²) in [7, 11) is 0. The van der Waals surface area contributed by atoms with Gasteiger partial charge in [0.1, 0.15) is 0 Å². The number of amides is 1. The zero-order valence-electron chi connectivity index (χ0n) is 11.3. The van der Waals surface area contributed by atoms with Gasteiger partial charge in [0, 0.05) is 32.1 Å². The van der Waals surface area contributed by atoms with Crippen molar-refractivity contribution in [3.05, 3.63) is 29.6 Å². The lowest BCUT2D eigenvalue weighted by molar-refractivity contribution is -0.162. The number of hydrogen-bond acceptors (Lipinski definition) is 4. The second-order valence-electron chi connectivity index (χ2n) is 5.03. The van der Waals surface area contributed by atoms with Crippen LogP contribution in [0.15, 0.2) is 18.3 Å². The van der Waals surface area contributed by atoms with Crippen LogP contribution in [0.3, 0.4) is 0 Å². The lowest BCUT2D eigenvalue weighted by Crippen LogP contribution is -2.51. The SMILES string of the molecule is O=C(c1cccnc1C(F)(F)F)N1CCC(O)(C(=O)O)CC1. The number of carboxylic acids is 1. The number of piperidine rings is 1. The smallest absolute Gasteiger partial charge is 0.434 e. The molecule has 1 aliphatic heterocycles. The number of carbonyl (C=O) groups is 2. The summed E-state index contributed by atoms with van der Waals surface area (Å²) in [6.45, 7) is -0.290. The molecule has 2 rings (SSSR count). The Morgan fingerprint density at radius 3 is 2.36 bits per heavy atom. The highest BCUT2D eigenvalue weighted by Gasteiger charge is 2.42. The average molecular weight is 318 g/mol. The molecule has 0 aliphatic carbocycles. The summed E-state index contributed by atoms with van der Waals surface area (Å²) < 4.78 is 38.6.